The minimum atomic E-state index is -0.873. The molecule has 2 aromatic carbocycles. The van der Waals surface area contributed by atoms with E-state index in [4.69, 9.17) is 0 Å². The van der Waals surface area contributed by atoms with Gasteiger partial charge < -0.3 is 20.8 Å². The molecule has 4 N–H and O–H groups in total. The lowest BCUT2D eigenvalue weighted by molar-refractivity contribution is -0.385. The van der Waals surface area contributed by atoms with E-state index in [2.05, 4.69) is 10.6 Å². The summed E-state index contributed by atoms with van der Waals surface area (Å²) in [5, 5.41) is 38.8. The summed E-state index contributed by atoms with van der Waals surface area (Å²) in [6.07, 6.45) is 3.45. The molecule has 3 rings (SSSR count). The summed E-state index contributed by atoms with van der Waals surface area (Å²) in [6, 6.07) is 3.56. The summed E-state index contributed by atoms with van der Waals surface area (Å²) in [5.41, 5.74) is -1.33. The first-order valence-electron chi connectivity index (χ1n) is 10.3. The average Bonchev–Trinajstić information content (AvgIpc) is 2.73. The molecule has 2 aromatic rings. The van der Waals surface area contributed by atoms with Gasteiger partial charge in [0, 0.05) is 24.8 Å². The molecule has 0 amide bonds. The highest BCUT2D eigenvalue weighted by Gasteiger charge is 2.41. The summed E-state index contributed by atoms with van der Waals surface area (Å²) < 4.78 is 0. The van der Waals surface area contributed by atoms with Crippen LogP contribution in [-0.4, -0.2) is 39.8 Å². The third-order valence-electron chi connectivity index (χ3n) is 5.26. The molecule has 31 heavy (non-hydrogen) atoms. The van der Waals surface area contributed by atoms with Crippen LogP contribution in [-0.2, 0) is 0 Å². The number of aromatic hydroxyl groups is 2. The third-order valence-corrected chi connectivity index (χ3v) is 5.26. The van der Waals surface area contributed by atoms with Crippen molar-refractivity contribution in [3.63, 3.8) is 0 Å². The minimum absolute atomic E-state index is 0.0945. The molecule has 0 unspecified atom stereocenters. The van der Waals surface area contributed by atoms with Gasteiger partial charge in [-0.05, 0) is 25.0 Å². The van der Waals surface area contributed by atoms with E-state index >= 15 is 0 Å². The predicted octanol–water partition coefficient (Wildman–Crippen LogP) is 4.21. The molecule has 0 fully saturated rings. The number of fused-ring (bicyclic) bond motifs is 2. The number of hydrogen-bond donors (Lipinski definition) is 4. The number of benzene rings is 2. The molecule has 0 heterocycles. The number of ketones is 2. The average molecular weight is 427 g/mol. The number of phenolic OH excluding ortho intramolecular Hbond substituents is 2. The zero-order chi connectivity index (χ0) is 22.7. The van der Waals surface area contributed by atoms with Crippen LogP contribution in [0.2, 0.25) is 0 Å². The van der Waals surface area contributed by atoms with Gasteiger partial charge in [-0.25, -0.2) is 0 Å². The molecule has 0 aromatic heterocycles. The van der Waals surface area contributed by atoms with Crippen LogP contribution in [0.1, 0.15) is 71.4 Å². The lowest BCUT2D eigenvalue weighted by Crippen LogP contribution is -2.25. The molecule has 9 nitrogen and oxygen atoms in total. The van der Waals surface area contributed by atoms with Gasteiger partial charge >= 0.3 is 0 Å². The Balaban J connectivity index is 2.25. The molecule has 0 saturated carbocycles. The van der Waals surface area contributed by atoms with Crippen LogP contribution in [0.25, 0.3) is 0 Å². The second kappa shape index (κ2) is 9.03. The van der Waals surface area contributed by atoms with Crippen molar-refractivity contribution in [1.29, 1.82) is 0 Å². The number of carbonyl (C=O) groups excluding carboxylic acids is 2. The van der Waals surface area contributed by atoms with E-state index in [9.17, 15) is 29.9 Å². The van der Waals surface area contributed by atoms with Crippen LogP contribution < -0.4 is 10.6 Å². The van der Waals surface area contributed by atoms with E-state index in [-0.39, 0.29) is 16.8 Å². The predicted molar refractivity (Wildman–Crippen MR) is 117 cm³/mol. The van der Waals surface area contributed by atoms with Crippen LogP contribution in [0.15, 0.2) is 18.2 Å². The smallest absolute Gasteiger partial charge is 0.281 e. The fourth-order valence-corrected chi connectivity index (χ4v) is 3.65. The van der Waals surface area contributed by atoms with Gasteiger partial charge in [0.2, 0.25) is 11.6 Å². The number of nitro benzene ring substituents is 1. The van der Waals surface area contributed by atoms with E-state index in [1.54, 1.807) is 6.07 Å². The van der Waals surface area contributed by atoms with Crippen molar-refractivity contribution in [2.24, 2.45) is 0 Å². The number of rotatable bonds is 9. The highest BCUT2D eigenvalue weighted by Crippen LogP contribution is 2.45. The van der Waals surface area contributed by atoms with Crippen LogP contribution in [0.5, 0.6) is 11.5 Å². The highest BCUT2D eigenvalue weighted by molar-refractivity contribution is 6.33. The highest BCUT2D eigenvalue weighted by atomic mass is 16.6. The largest absolute Gasteiger partial charge is 0.507 e. The van der Waals surface area contributed by atoms with E-state index < -0.39 is 44.8 Å². The zero-order valence-corrected chi connectivity index (χ0v) is 17.4. The number of phenols is 2. The Labute approximate surface area is 179 Å². The zero-order valence-electron chi connectivity index (χ0n) is 17.4. The fraction of sp³-hybridized carbons (Fsp3) is 0.364. The van der Waals surface area contributed by atoms with Gasteiger partial charge in [0.1, 0.15) is 11.3 Å². The van der Waals surface area contributed by atoms with Gasteiger partial charge in [-0.1, -0.05) is 26.7 Å². The van der Waals surface area contributed by atoms with Gasteiger partial charge in [0.05, 0.1) is 27.3 Å². The van der Waals surface area contributed by atoms with Crippen LogP contribution in [0.4, 0.5) is 17.1 Å². The molecular weight excluding hydrogens is 402 g/mol. The molecule has 1 aliphatic carbocycles. The Morgan fingerprint density at radius 2 is 1.45 bits per heavy atom. The van der Waals surface area contributed by atoms with E-state index in [1.165, 1.54) is 0 Å². The van der Waals surface area contributed by atoms with Crippen LogP contribution >= 0.6 is 0 Å². The topological polar surface area (TPSA) is 142 Å². The number of nitrogens with one attached hydrogen (secondary N) is 2. The Morgan fingerprint density at radius 3 is 2.03 bits per heavy atom. The summed E-state index contributed by atoms with van der Waals surface area (Å²) >= 11 is 0. The third kappa shape index (κ3) is 3.90. The molecular formula is C22H25N3O6. The standard InChI is InChI=1S/C22H25N3O6/c1-3-5-9-23-12-11-13(24-10-6-4-2)20(27)19-16(12)21(28)18-15(26)8-7-14(25(30)31)17(18)22(19)29/h7-8,11,23-24,26-27H,3-6,9-10H2,1-2H3. The van der Waals surface area contributed by atoms with Gasteiger partial charge in [0.15, 0.2) is 5.75 Å². The second-order valence-corrected chi connectivity index (χ2v) is 7.40. The van der Waals surface area contributed by atoms with Crippen molar-refractivity contribution in [3.8, 4) is 11.5 Å². The van der Waals surface area contributed by atoms with E-state index in [0.29, 0.717) is 18.8 Å². The first-order chi connectivity index (χ1) is 14.8. The second-order valence-electron chi connectivity index (χ2n) is 7.40. The molecule has 0 saturated heterocycles. The maximum absolute atomic E-state index is 13.3. The maximum atomic E-state index is 13.3. The first-order valence-corrected chi connectivity index (χ1v) is 10.3. The minimum Gasteiger partial charge on any atom is -0.507 e. The van der Waals surface area contributed by atoms with Crippen molar-refractivity contribution in [3.05, 3.63) is 50.6 Å². The molecule has 0 atom stereocenters. The van der Waals surface area contributed by atoms with E-state index in [0.717, 1.165) is 37.8 Å². The lowest BCUT2D eigenvalue weighted by Gasteiger charge is -2.24. The van der Waals surface area contributed by atoms with Gasteiger partial charge in [-0.2, -0.15) is 0 Å². The molecule has 1 aliphatic rings. The SMILES string of the molecule is CCCCNc1cc(NCCCC)c2c(c1O)C(=O)c1c([N+](=O)[O-])ccc(O)c1C2=O. The fourth-order valence-electron chi connectivity index (χ4n) is 3.65. The van der Waals surface area contributed by atoms with Gasteiger partial charge in [-0.15, -0.1) is 0 Å². The maximum Gasteiger partial charge on any atom is 0.281 e. The molecule has 0 spiro atoms. The van der Waals surface area contributed by atoms with Gasteiger partial charge in [0.25, 0.3) is 5.69 Å². The molecule has 0 bridgehead atoms. The Kier molecular flexibility index (Phi) is 6.43. The summed E-state index contributed by atoms with van der Waals surface area (Å²) in [4.78, 5) is 37.4. The number of nitrogens with zero attached hydrogens (tertiary/aromatic N) is 1. The normalized spacial score (nSPS) is 12.3. The van der Waals surface area contributed by atoms with Crippen molar-refractivity contribution < 1.29 is 24.7 Å². The molecule has 164 valence electrons. The van der Waals surface area contributed by atoms with Gasteiger partial charge in [-0.3, -0.25) is 19.7 Å². The number of unbranched alkanes of at least 4 members (excludes halogenated alkanes) is 2. The Morgan fingerprint density at radius 1 is 0.871 bits per heavy atom. The Bertz CT molecular complexity index is 1060. The molecule has 0 aliphatic heterocycles. The number of nitro groups is 1. The monoisotopic (exact) mass is 427 g/mol. The van der Waals surface area contributed by atoms with Crippen molar-refractivity contribution in [2.75, 3.05) is 23.7 Å². The molecule has 0 radical (unpaired) electrons. The number of carbonyl (C=O) groups is 2. The van der Waals surface area contributed by atoms with Crippen molar-refractivity contribution >= 4 is 28.6 Å². The van der Waals surface area contributed by atoms with Crippen LogP contribution in [0.3, 0.4) is 0 Å². The quantitative estimate of drug-likeness (QED) is 0.131. The van der Waals surface area contributed by atoms with E-state index in [1.807, 2.05) is 13.8 Å². The lowest BCUT2D eigenvalue weighted by atomic mass is 9.81. The summed E-state index contributed by atoms with van der Waals surface area (Å²) in [5.74, 6) is -2.58. The summed E-state index contributed by atoms with van der Waals surface area (Å²) in [7, 11) is 0. The number of hydrogen-bond acceptors (Lipinski definition) is 8. The Hall–Kier alpha value is -3.62. The van der Waals surface area contributed by atoms with Crippen molar-refractivity contribution in [1.82, 2.24) is 0 Å². The number of anilines is 2. The van der Waals surface area contributed by atoms with Crippen molar-refractivity contribution in [2.45, 2.75) is 39.5 Å². The van der Waals surface area contributed by atoms with Crippen LogP contribution in [0, 0.1) is 10.1 Å². The first kappa shape index (κ1) is 22.1. The summed E-state index contributed by atoms with van der Waals surface area (Å²) in [6.45, 7) is 5.08. The molecule has 9 heteroatoms.